The number of aromatic nitrogens is 1. The van der Waals surface area contributed by atoms with Gasteiger partial charge >= 0.3 is 0 Å². The van der Waals surface area contributed by atoms with E-state index in [2.05, 4.69) is 50.2 Å². The van der Waals surface area contributed by atoms with Crippen LogP contribution in [0.15, 0.2) is 30.3 Å². The second kappa shape index (κ2) is 6.49. The normalized spacial score (nSPS) is 21.1. The standard InChI is InChI=1S/C18H24N2OS/c1-18(11-7-12-20(2)3)16-15(10-13-21-18)19-17(22-16)14-8-5-4-6-9-14/h4-6,8-9H,7,10-13H2,1-3H3. The van der Waals surface area contributed by atoms with E-state index in [0.717, 1.165) is 37.4 Å². The molecule has 2 aromatic rings. The molecule has 3 rings (SSSR count). The van der Waals surface area contributed by atoms with Crippen LogP contribution >= 0.6 is 11.3 Å². The number of ether oxygens (including phenoxy) is 1. The van der Waals surface area contributed by atoms with Gasteiger partial charge in [0.2, 0.25) is 0 Å². The summed E-state index contributed by atoms with van der Waals surface area (Å²) < 4.78 is 6.17. The lowest BCUT2D eigenvalue weighted by Crippen LogP contribution is -2.32. The second-order valence-corrected chi connectivity index (χ2v) is 7.40. The van der Waals surface area contributed by atoms with Crippen LogP contribution < -0.4 is 0 Å². The first-order valence-corrected chi connectivity index (χ1v) is 8.74. The van der Waals surface area contributed by atoms with Crippen molar-refractivity contribution in [2.24, 2.45) is 0 Å². The number of fused-ring (bicyclic) bond motifs is 1. The molecule has 0 amide bonds. The lowest BCUT2D eigenvalue weighted by Gasteiger charge is -2.33. The van der Waals surface area contributed by atoms with Crippen LogP contribution in [0.2, 0.25) is 0 Å². The molecule has 0 fully saturated rings. The minimum absolute atomic E-state index is 0.172. The van der Waals surface area contributed by atoms with Gasteiger partial charge in [0.25, 0.3) is 0 Å². The van der Waals surface area contributed by atoms with Gasteiger partial charge in [0, 0.05) is 12.0 Å². The van der Waals surface area contributed by atoms with Crippen LogP contribution in [0.25, 0.3) is 10.6 Å². The summed E-state index contributed by atoms with van der Waals surface area (Å²) in [7, 11) is 4.24. The van der Waals surface area contributed by atoms with E-state index in [0.29, 0.717) is 0 Å². The van der Waals surface area contributed by atoms with Gasteiger partial charge in [0.1, 0.15) is 10.6 Å². The van der Waals surface area contributed by atoms with Gasteiger partial charge in [-0.1, -0.05) is 30.3 Å². The molecule has 3 nitrogen and oxygen atoms in total. The molecule has 0 bridgehead atoms. The van der Waals surface area contributed by atoms with E-state index in [1.54, 1.807) is 11.3 Å². The third-order valence-electron chi connectivity index (χ3n) is 4.22. The zero-order valence-electron chi connectivity index (χ0n) is 13.6. The Kier molecular flexibility index (Phi) is 4.62. The summed E-state index contributed by atoms with van der Waals surface area (Å²) in [5.74, 6) is 0. The predicted octanol–water partition coefficient (Wildman–Crippen LogP) is 3.94. The summed E-state index contributed by atoms with van der Waals surface area (Å²) in [6.07, 6.45) is 3.12. The third kappa shape index (κ3) is 3.24. The van der Waals surface area contributed by atoms with Crippen molar-refractivity contribution in [1.82, 2.24) is 9.88 Å². The first kappa shape index (κ1) is 15.7. The van der Waals surface area contributed by atoms with E-state index >= 15 is 0 Å². The number of hydrogen-bond donors (Lipinski definition) is 0. The Morgan fingerprint density at radius 2 is 2.05 bits per heavy atom. The van der Waals surface area contributed by atoms with Gasteiger partial charge in [0.15, 0.2) is 0 Å². The van der Waals surface area contributed by atoms with E-state index in [1.807, 2.05) is 6.07 Å². The summed E-state index contributed by atoms with van der Waals surface area (Å²) in [4.78, 5) is 8.45. The molecule has 1 aromatic heterocycles. The summed E-state index contributed by atoms with van der Waals surface area (Å²) in [5, 5.41) is 1.12. The smallest absolute Gasteiger partial charge is 0.123 e. The highest BCUT2D eigenvalue weighted by Crippen LogP contribution is 2.42. The van der Waals surface area contributed by atoms with Crippen LogP contribution in [0.4, 0.5) is 0 Å². The van der Waals surface area contributed by atoms with Crippen molar-refractivity contribution in [3.8, 4) is 10.6 Å². The van der Waals surface area contributed by atoms with Crippen molar-refractivity contribution in [1.29, 1.82) is 0 Å². The average Bonchev–Trinajstić information content (AvgIpc) is 2.94. The molecule has 1 unspecified atom stereocenters. The molecule has 0 saturated heterocycles. The van der Waals surface area contributed by atoms with Gasteiger partial charge in [-0.25, -0.2) is 4.98 Å². The van der Waals surface area contributed by atoms with Crippen molar-refractivity contribution < 1.29 is 4.74 Å². The molecule has 0 saturated carbocycles. The minimum Gasteiger partial charge on any atom is -0.369 e. The molecule has 2 heterocycles. The molecule has 1 atom stereocenters. The van der Waals surface area contributed by atoms with Gasteiger partial charge in [-0.3, -0.25) is 0 Å². The Labute approximate surface area is 137 Å². The summed E-state index contributed by atoms with van der Waals surface area (Å²) in [5.41, 5.74) is 2.27. The topological polar surface area (TPSA) is 25.4 Å². The van der Waals surface area contributed by atoms with Gasteiger partial charge < -0.3 is 9.64 Å². The average molecular weight is 316 g/mol. The number of rotatable bonds is 5. The van der Waals surface area contributed by atoms with Crippen LogP contribution in [0, 0.1) is 0 Å². The number of benzene rings is 1. The van der Waals surface area contributed by atoms with Crippen LogP contribution in [0.3, 0.4) is 0 Å². The Hall–Kier alpha value is -1.23. The van der Waals surface area contributed by atoms with Gasteiger partial charge in [-0.05, 0) is 40.4 Å². The largest absolute Gasteiger partial charge is 0.369 e. The first-order chi connectivity index (χ1) is 10.6. The van der Waals surface area contributed by atoms with Crippen molar-refractivity contribution in [3.63, 3.8) is 0 Å². The van der Waals surface area contributed by atoms with E-state index in [1.165, 1.54) is 16.1 Å². The minimum atomic E-state index is -0.172. The zero-order valence-corrected chi connectivity index (χ0v) is 14.4. The SMILES string of the molecule is CN(C)CCCC1(C)OCCc2nc(-c3ccccc3)sc21. The van der Waals surface area contributed by atoms with Crippen molar-refractivity contribution in [2.75, 3.05) is 27.2 Å². The Bertz CT molecular complexity index is 623. The Morgan fingerprint density at radius 3 is 2.77 bits per heavy atom. The molecule has 22 heavy (non-hydrogen) atoms. The van der Waals surface area contributed by atoms with E-state index in [-0.39, 0.29) is 5.60 Å². The fraction of sp³-hybridized carbons (Fsp3) is 0.500. The Morgan fingerprint density at radius 1 is 1.27 bits per heavy atom. The van der Waals surface area contributed by atoms with Crippen LogP contribution in [0.1, 0.15) is 30.3 Å². The van der Waals surface area contributed by atoms with Crippen molar-refractivity contribution in [2.45, 2.75) is 31.8 Å². The van der Waals surface area contributed by atoms with Crippen molar-refractivity contribution in [3.05, 3.63) is 40.9 Å². The quantitative estimate of drug-likeness (QED) is 0.835. The molecule has 0 spiro atoms. The maximum Gasteiger partial charge on any atom is 0.123 e. The Balaban J connectivity index is 1.85. The maximum atomic E-state index is 6.17. The van der Waals surface area contributed by atoms with Gasteiger partial charge in [-0.2, -0.15) is 0 Å². The molecule has 0 aliphatic carbocycles. The molecule has 0 N–H and O–H groups in total. The van der Waals surface area contributed by atoms with Crippen LogP contribution in [-0.4, -0.2) is 37.1 Å². The van der Waals surface area contributed by atoms with E-state index in [9.17, 15) is 0 Å². The maximum absolute atomic E-state index is 6.17. The second-order valence-electron chi connectivity index (χ2n) is 6.40. The number of thiazole rings is 1. The van der Waals surface area contributed by atoms with Gasteiger partial charge in [-0.15, -0.1) is 11.3 Å². The van der Waals surface area contributed by atoms with Crippen LogP contribution in [-0.2, 0) is 16.8 Å². The van der Waals surface area contributed by atoms with E-state index in [4.69, 9.17) is 9.72 Å². The molecule has 1 aliphatic heterocycles. The highest BCUT2D eigenvalue weighted by atomic mass is 32.1. The van der Waals surface area contributed by atoms with E-state index < -0.39 is 0 Å². The summed E-state index contributed by atoms with van der Waals surface area (Å²) in [6.45, 7) is 4.11. The third-order valence-corrected chi connectivity index (χ3v) is 5.61. The molecular formula is C18H24N2OS. The zero-order chi connectivity index (χ0) is 15.6. The molecule has 0 radical (unpaired) electrons. The number of hydrogen-bond acceptors (Lipinski definition) is 4. The molecule has 1 aromatic carbocycles. The highest BCUT2D eigenvalue weighted by molar-refractivity contribution is 7.15. The molecule has 118 valence electrons. The molecular weight excluding hydrogens is 292 g/mol. The lowest BCUT2D eigenvalue weighted by molar-refractivity contribution is -0.0517. The summed E-state index contributed by atoms with van der Waals surface area (Å²) >= 11 is 1.80. The number of nitrogens with zero attached hydrogens (tertiary/aromatic N) is 2. The fourth-order valence-electron chi connectivity index (χ4n) is 3.00. The predicted molar refractivity (Wildman–Crippen MR) is 92.3 cm³/mol. The van der Waals surface area contributed by atoms with Crippen molar-refractivity contribution >= 4 is 11.3 Å². The molecule has 4 heteroatoms. The first-order valence-electron chi connectivity index (χ1n) is 7.93. The van der Waals surface area contributed by atoms with Gasteiger partial charge in [0.05, 0.1) is 17.2 Å². The fourth-order valence-corrected chi connectivity index (χ4v) is 4.24. The lowest BCUT2D eigenvalue weighted by atomic mass is 9.93. The monoisotopic (exact) mass is 316 g/mol. The van der Waals surface area contributed by atoms with Crippen LogP contribution in [0.5, 0.6) is 0 Å². The summed E-state index contributed by atoms with van der Waals surface area (Å²) in [6, 6.07) is 10.5. The highest BCUT2D eigenvalue weighted by Gasteiger charge is 2.36. The molecule has 1 aliphatic rings.